The molecule has 0 aromatic heterocycles. The Balaban J connectivity index is 2.18. The van der Waals surface area contributed by atoms with E-state index in [2.05, 4.69) is 87.1 Å². The highest BCUT2D eigenvalue weighted by molar-refractivity contribution is 6.74. The summed E-state index contributed by atoms with van der Waals surface area (Å²) in [5.41, 5.74) is 0.504. The van der Waals surface area contributed by atoms with Crippen LogP contribution in [0.3, 0.4) is 0 Å². The highest BCUT2D eigenvalue weighted by atomic mass is 28.4. The minimum Gasteiger partial charge on any atom is -0.414 e. The zero-order valence-electron chi connectivity index (χ0n) is 25.0. The standard InChI is InChI=1S/C30H58O2Si2/c1-14-20-29(7,22-16-21-28(5,6)32-33(9,10)11)26-19-18-24-25(17-15-23-30(24,26)8)31-34(12,13)27(2,3)4/h1,24-26H,15-23H2,2-13H3/t24-,25-,26+,29-,30-/m0/s1. The van der Waals surface area contributed by atoms with E-state index in [0.29, 0.717) is 23.4 Å². The molecule has 2 nitrogen and oxygen atoms in total. The van der Waals surface area contributed by atoms with Crippen molar-refractivity contribution in [1.29, 1.82) is 0 Å². The average Bonchev–Trinajstić information content (AvgIpc) is 2.97. The summed E-state index contributed by atoms with van der Waals surface area (Å²) in [7, 11) is -3.32. The van der Waals surface area contributed by atoms with Crippen LogP contribution in [0.4, 0.5) is 0 Å². The third-order valence-corrected chi connectivity index (χ3v) is 15.4. The van der Waals surface area contributed by atoms with Crippen molar-refractivity contribution < 1.29 is 8.85 Å². The van der Waals surface area contributed by atoms with E-state index in [1.807, 2.05) is 0 Å². The van der Waals surface area contributed by atoms with Gasteiger partial charge >= 0.3 is 0 Å². The van der Waals surface area contributed by atoms with Crippen molar-refractivity contribution in [3.05, 3.63) is 0 Å². The Morgan fingerprint density at radius 3 is 2.09 bits per heavy atom. The van der Waals surface area contributed by atoms with Gasteiger partial charge in [-0.25, -0.2) is 0 Å². The SMILES string of the molecule is C#CC[C@@](C)(CCCC(C)(C)O[Si](C)(C)C)[C@H]1CC[C@H]2[C@@H](O[Si](C)(C)C(C)(C)C)CCC[C@]12C. The summed E-state index contributed by atoms with van der Waals surface area (Å²) in [4.78, 5) is 0. The molecule has 0 radical (unpaired) electrons. The van der Waals surface area contributed by atoms with E-state index < -0.39 is 16.6 Å². The zero-order chi connectivity index (χ0) is 26.2. The van der Waals surface area contributed by atoms with Gasteiger partial charge in [-0.15, -0.1) is 12.3 Å². The molecule has 0 bridgehead atoms. The maximum Gasteiger partial charge on any atom is 0.192 e. The summed E-state index contributed by atoms with van der Waals surface area (Å²) in [5.74, 6) is 4.48. The number of hydrogen-bond donors (Lipinski definition) is 0. The molecular weight excluding hydrogens is 449 g/mol. The molecule has 0 aliphatic heterocycles. The first-order chi connectivity index (χ1) is 15.3. The van der Waals surface area contributed by atoms with Gasteiger partial charge in [0, 0.05) is 12.5 Å². The van der Waals surface area contributed by atoms with Crippen LogP contribution in [0.2, 0.25) is 37.8 Å². The largest absolute Gasteiger partial charge is 0.414 e. The van der Waals surface area contributed by atoms with E-state index in [1.54, 1.807) is 0 Å². The molecule has 2 fully saturated rings. The Kier molecular flexibility index (Phi) is 9.17. The minimum absolute atomic E-state index is 0.0451. The summed E-state index contributed by atoms with van der Waals surface area (Å²) in [6, 6.07) is 0. The fourth-order valence-corrected chi connectivity index (χ4v) is 10.5. The van der Waals surface area contributed by atoms with Gasteiger partial charge in [-0.2, -0.15) is 0 Å². The van der Waals surface area contributed by atoms with Gasteiger partial charge < -0.3 is 8.85 Å². The van der Waals surface area contributed by atoms with Crippen molar-refractivity contribution in [2.45, 2.75) is 156 Å². The molecule has 2 saturated carbocycles. The molecule has 4 heteroatoms. The van der Waals surface area contributed by atoms with E-state index in [1.165, 1.54) is 44.9 Å². The van der Waals surface area contributed by atoms with Gasteiger partial charge in [0.05, 0.1) is 5.60 Å². The first kappa shape index (κ1) is 30.1. The van der Waals surface area contributed by atoms with Gasteiger partial charge in [0.25, 0.3) is 0 Å². The van der Waals surface area contributed by atoms with Crippen molar-refractivity contribution in [2.75, 3.05) is 0 Å². The fourth-order valence-electron chi connectivity index (χ4n) is 7.38. The molecule has 2 rings (SSSR count). The van der Waals surface area contributed by atoms with Crippen LogP contribution < -0.4 is 0 Å². The lowest BCUT2D eigenvalue weighted by Gasteiger charge is -2.52. The molecule has 0 spiro atoms. The monoisotopic (exact) mass is 506 g/mol. The first-order valence-electron chi connectivity index (χ1n) is 14.1. The molecule has 198 valence electrons. The van der Waals surface area contributed by atoms with Crippen LogP contribution in [0.15, 0.2) is 0 Å². The van der Waals surface area contributed by atoms with Gasteiger partial charge in [0.1, 0.15) is 0 Å². The van der Waals surface area contributed by atoms with Gasteiger partial charge in [-0.05, 0) is 113 Å². The van der Waals surface area contributed by atoms with E-state index in [9.17, 15) is 0 Å². The number of hydrogen-bond acceptors (Lipinski definition) is 2. The fraction of sp³-hybridized carbons (Fsp3) is 0.933. The molecule has 0 amide bonds. The van der Waals surface area contributed by atoms with E-state index in [-0.39, 0.29) is 16.1 Å². The summed E-state index contributed by atoms with van der Waals surface area (Å²) in [5, 5.41) is 0.266. The van der Waals surface area contributed by atoms with E-state index in [4.69, 9.17) is 15.3 Å². The Morgan fingerprint density at radius 1 is 0.941 bits per heavy atom. The Labute approximate surface area is 216 Å². The lowest BCUT2D eigenvalue weighted by Crippen LogP contribution is -2.51. The summed E-state index contributed by atoms with van der Waals surface area (Å²) < 4.78 is 13.6. The van der Waals surface area contributed by atoms with Crippen LogP contribution in [0.5, 0.6) is 0 Å². The molecule has 34 heavy (non-hydrogen) atoms. The average molecular weight is 507 g/mol. The molecule has 0 aromatic carbocycles. The van der Waals surface area contributed by atoms with Crippen LogP contribution in [0.25, 0.3) is 0 Å². The molecular formula is C30H58O2Si2. The lowest BCUT2D eigenvalue weighted by atomic mass is 9.56. The van der Waals surface area contributed by atoms with Crippen LogP contribution in [0.1, 0.15) is 106 Å². The Hall–Kier alpha value is -0.0862. The first-order valence-corrected chi connectivity index (χ1v) is 20.4. The smallest absolute Gasteiger partial charge is 0.192 e. The van der Waals surface area contributed by atoms with Crippen molar-refractivity contribution in [3.63, 3.8) is 0 Å². The Bertz CT molecular complexity index is 724. The predicted octanol–water partition coefficient (Wildman–Crippen LogP) is 9.42. The number of rotatable bonds is 10. The van der Waals surface area contributed by atoms with Gasteiger partial charge in [-0.3, -0.25) is 0 Å². The van der Waals surface area contributed by atoms with Gasteiger partial charge in [0.15, 0.2) is 16.6 Å². The lowest BCUT2D eigenvalue weighted by molar-refractivity contribution is -0.0441. The summed E-state index contributed by atoms with van der Waals surface area (Å²) >= 11 is 0. The normalized spacial score (nSPS) is 30.5. The van der Waals surface area contributed by atoms with Crippen molar-refractivity contribution in [3.8, 4) is 12.3 Å². The molecule has 2 aliphatic carbocycles. The maximum absolute atomic E-state index is 7.10. The third kappa shape index (κ3) is 7.02. The second-order valence-electron chi connectivity index (χ2n) is 15.4. The summed E-state index contributed by atoms with van der Waals surface area (Å²) in [6.07, 6.45) is 17.3. The third-order valence-electron chi connectivity index (χ3n) is 9.77. The van der Waals surface area contributed by atoms with Crippen LogP contribution >= 0.6 is 0 Å². The highest BCUT2D eigenvalue weighted by Crippen LogP contribution is 2.63. The van der Waals surface area contributed by atoms with Crippen molar-refractivity contribution in [2.24, 2.45) is 22.7 Å². The second kappa shape index (κ2) is 10.3. The van der Waals surface area contributed by atoms with Gasteiger partial charge in [-0.1, -0.05) is 47.5 Å². The molecule has 0 saturated heterocycles. The molecule has 0 heterocycles. The maximum atomic E-state index is 7.10. The molecule has 0 N–H and O–H groups in total. The van der Waals surface area contributed by atoms with E-state index >= 15 is 0 Å². The highest BCUT2D eigenvalue weighted by Gasteiger charge is 2.57. The van der Waals surface area contributed by atoms with Crippen molar-refractivity contribution in [1.82, 2.24) is 0 Å². The predicted molar refractivity (Wildman–Crippen MR) is 154 cm³/mol. The quantitative estimate of drug-likeness (QED) is 0.217. The molecule has 5 atom stereocenters. The van der Waals surface area contributed by atoms with Gasteiger partial charge in [0.2, 0.25) is 0 Å². The molecule has 2 aliphatic rings. The molecule has 0 unspecified atom stereocenters. The van der Waals surface area contributed by atoms with E-state index in [0.717, 1.165) is 12.8 Å². The minimum atomic E-state index is -1.77. The number of terminal acetylenes is 1. The van der Waals surface area contributed by atoms with Crippen LogP contribution in [0, 0.1) is 35.0 Å². The topological polar surface area (TPSA) is 18.5 Å². The summed E-state index contributed by atoms with van der Waals surface area (Å²) in [6.45, 7) is 28.5. The van der Waals surface area contributed by atoms with Crippen LogP contribution in [-0.4, -0.2) is 28.3 Å². The van der Waals surface area contributed by atoms with Crippen molar-refractivity contribution >= 4 is 16.6 Å². The zero-order valence-corrected chi connectivity index (χ0v) is 27.0. The second-order valence-corrected chi connectivity index (χ2v) is 24.6. The van der Waals surface area contributed by atoms with Crippen LogP contribution in [-0.2, 0) is 8.85 Å². The Morgan fingerprint density at radius 2 is 1.56 bits per heavy atom. The molecule has 0 aromatic rings. The number of fused-ring (bicyclic) bond motifs is 1.